The first-order valence-electron chi connectivity index (χ1n) is 5.82. The first-order valence-corrected chi connectivity index (χ1v) is 5.82. The molecule has 0 heterocycles. The molecule has 0 aliphatic heterocycles. The van der Waals surface area contributed by atoms with Crippen LogP contribution in [0.4, 0.5) is 4.39 Å². The molecule has 0 spiro atoms. The fourth-order valence-electron chi connectivity index (χ4n) is 2.28. The highest BCUT2D eigenvalue weighted by atomic mass is 19.1. The van der Waals surface area contributed by atoms with Gasteiger partial charge in [0.2, 0.25) is 0 Å². The molecule has 1 saturated carbocycles. The minimum Gasteiger partial charge on any atom is -0.326 e. The van der Waals surface area contributed by atoms with Gasteiger partial charge >= 0.3 is 0 Å². The van der Waals surface area contributed by atoms with E-state index in [2.05, 4.69) is 11.9 Å². The number of hydrogen-bond acceptors (Lipinski definition) is 2. The average Bonchev–Trinajstić information content (AvgIpc) is 3.04. The summed E-state index contributed by atoms with van der Waals surface area (Å²) in [6, 6.07) is 7.58. The van der Waals surface area contributed by atoms with Crippen molar-refractivity contribution in [3.05, 3.63) is 35.6 Å². The van der Waals surface area contributed by atoms with Crippen LogP contribution in [0.5, 0.6) is 0 Å². The number of likely N-dealkylation sites (N-methyl/N-ethyl adjacent to an activating group) is 1. The van der Waals surface area contributed by atoms with E-state index in [4.69, 9.17) is 5.73 Å². The summed E-state index contributed by atoms with van der Waals surface area (Å²) >= 11 is 0. The van der Waals surface area contributed by atoms with E-state index in [0.717, 1.165) is 5.56 Å². The van der Waals surface area contributed by atoms with E-state index in [1.807, 2.05) is 19.1 Å². The Balaban J connectivity index is 2.21. The zero-order chi connectivity index (χ0) is 11.7. The molecule has 0 amide bonds. The third-order valence-electron chi connectivity index (χ3n) is 3.27. The summed E-state index contributed by atoms with van der Waals surface area (Å²) in [5.41, 5.74) is 7.14. The molecule has 0 radical (unpaired) electrons. The molecule has 3 heteroatoms. The molecule has 1 fully saturated rings. The highest BCUT2D eigenvalue weighted by Crippen LogP contribution is 2.34. The van der Waals surface area contributed by atoms with Crippen LogP contribution < -0.4 is 5.73 Å². The van der Waals surface area contributed by atoms with Crippen LogP contribution in [-0.2, 0) is 0 Å². The van der Waals surface area contributed by atoms with Crippen LogP contribution >= 0.6 is 0 Å². The molecule has 88 valence electrons. The molecule has 0 saturated heterocycles. The van der Waals surface area contributed by atoms with E-state index in [9.17, 15) is 4.39 Å². The molecule has 2 nitrogen and oxygen atoms in total. The molecular formula is C13H19FN2. The summed E-state index contributed by atoms with van der Waals surface area (Å²) < 4.78 is 12.9. The van der Waals surface area contributed by atoms with Crippen LogP contribution in [0.3, 0.4) is 0 Å². The highest BCUT2D eigenvalue weighted by Gasteiger charge is 2.33. The fraction of sp³-hybridized carbons (Fsp3) is 0.538. The fourth-order valence-corrected chi connectivity index (χ4v) is 2.28. The molecule has 1 aromatic rings. The normalized spacial score (nSPS) is 19.8. The molecule has 1 aliphatic carbocycles. The van der Waals surface area contributed by atoms with Crippen molar-refractivity contribution in [3.63, 3.8) is 0 Å². The van der Waals surface area contributed by atoms with Crippen LogP contribution in [0.25, 0.3) is 0 Å². The summed E-state index contributed by atoms with van der Waals surface area (Å²) in [5.74, 6) is -0.193. The van der Waals surface area contributed by atoms with Gasteiger partial charge < -0.3 is 5.73 Å². The Bertz CT molecular complexity index is 343. The quantitative estimate of drug-likeness (QED) is 0.847. The monoisotopic (exact) mass is 222 g/mol. The Morgan fingerprint density at radius 1 is 1.31 bits per heavy atom. The predicted molar refractivity (Wildman–Crippen MR) is 63.6 cm³/mol. The first kappa shape index (κ1) is 11.6. The lowest BCUT2D eigenvalue weighted by Crippen LogP contribution is -2.38. The van der Waals surface area contributed by atoms with Crippen LogP contribution in [0.1, 0.15) is 31.4 Å². The van der Waals surface area contributed by atoms with Gasteiger partial charge in [0.1, 0.15) is 5.82 Å². The van der Waals surface area contributed by atoms with Crippen LogP contribution in [0.15, 0.2) is 24.3 Å². The van der Waals surface area contributed by atoms with Gasteiger partial charge in [-0.3, -0.25) is 4.90 Å². The number of rotatable bonds is 4. The van der Waals surface area contributed by atoms with E-state index in [-0.39, 0.29) is 17.9 Å². The Kier molecular flexibility index (Phi) is 3.26. The van der Waals surface area contributed by atoms with Gasteiger partial charge in [-0.05, 0) is 44.5 Å². The average molecular weight is 222 g/mol. The highest BCUT2D eigenvalue weighted by molar-refractivity contribution is 5.22. The summed E-state index contributed by atoms with van der Waals surface area (Å²) in [4.78, 5) is 2.32. The molecule has 1 aliphatic rings. The van der Waals surface area contributed by atoms with E-state index >= 15 is 0 Å². The summed E-state index contributed by atoms with van der Waals surface area (Å²) in [5, 5.41) is 0. The maximum absolute atomic E-state index is 12.9. The number of benzene rings is 1. The van der Waals surface area contributed by atoms with Crippen LogP contribution in [-0.4, -0.2) is 24.0 Å². The second kappa shape index (κ2) is 4.52. The SMILES string of the molecule is CC(N)C(c1ccc(F)cc1)N(C)C1CC1. The lowest BCUT2D eigenvalue weighted by atomic mass is 9.99. The number of nitrogens with zero attached hydrogens (tertiary/aromatic N) is 1. The van der Waals surface area contributed by atoms with Gasteiger partial charge in [0.25, 0.3) is 0 Å². The van der Waals surface area contributed by atoms with Gasteiger partial charge in [-0.1, -0.05) is 12.1 Å². The van der Waals surface area contributed by atoms with Gasteiger partial charge in [0.05, 0.1) is 0 Å². The Labute approximate surface area is 96.2 Å². The lowest BCUT2D eigenvalue weighted by molar-refractivity contribution is 0.209. The predicted octanol–water partition coefficient (Wildman–Crippen LogP) is 2.31. The largest absolute Gasteiger partial charge is 0.326 e. The zero-order valence-corrected chi connectivity index (χ0v) is 9.86. The number of halogens is 1. The van der Waals surface area contributed by atoms with E-state index < -0.39 is 0 Å². The van der Waals surface area contributed by atoms with Crippen molar-refractivity contribution in [2.45, 2.75) is 37.9 Å². The standard InChI is InChI=1S/C13H19FN2/c1-9(15)13(16(2)12-7-8-12)10-3-5-11(14)6-4-10/h3-6,9,12-13H,7-8,15H2,1-2H3. The van der Waals surface area contributed by atoms with Crippen molar-refractivity contribution in [3.8, 4) is 0 Å². The lowest BCUT2D eigenvalue weighted by Gasteiger charge is -2.31. The smallest absolute Gasteiger partial charge is 0.123 e. The summed E-state index contributed by atoms with van der Waals surface area (Å²) in [6.45, 7) is 2.01. The summed E-state index contributed by atoms with van der Waals surface area (Å²) in [7, 11) is 2.11. The molecule has 2 atom stereocenters. The maximum atomic E-state index is 12.9. The second-order valence-corrected chi connectivity index (χ2v) is 4.75. The molecule has 0 bridgehead atoms. The molecular weight excluding hydrogens is 203 g/mol. The van der Waals surface area contributed by atoms with E-state index in [0.29, 0.717) is 6.04 Å². The van der Waals surface area contributed by atoms with Crippen molar-refractivity contribution >= 4 is 0 Å². The minimum absolute atomic E-state index is 0.0519. The minimum atomic E-state index is -0.193. The van der Waals surface area contributed by atoms with Crippen molar-refractivity contribution in [2.75, 3.05) is 7.05 Å². The van der Waals surface area contributed by atoms with Gasteiger partial charge in [-0.25, -0.2) is 4.39 Å². The van der Waals surface area contributed by atoms with Gasteiger partial charge in [-0.15, -0.1) is 0 Å². The zero-order valence-electron chi connectivity index (χ0n) is 9.86. The van der Waals surface area contributed by atoms with Gasteiger partial charge in [0.15, 0.2) is 0 Å². The van der Waals surface area contributed by atoms with Crippen molar-refractivity contribution in [1.82, 2.24) is 4.90 Å². The van der Waals surface area contributed by atoms with Crippen molar-refractivity contribution < 1.29 is 4.39 Å². The first-order chi connectivity index (χ1) is 7.59. The number of nitrogens with two attached hydrogens (primary N) is 1. The molecule has 2 N–H and O–H groups in total. The van der Waals surface area contributed by atoms with E-state index in [1.54, 1.807) is 0 Å². The maximum Gasteiger partial charge on any atom is 0.123 e. The van der Waals surface area contributed by atoms with Crippen molar-refractivity contribution in [1.29, 1.82) is 0 Å². The molecule has 2 unspecified atom stereocenters. The molecule has 1 aromatic carbocycles. The molecule has 2 rings (SSSR count). The third-order valence-corrected chi connectivity index (χ3v) is 3.27. The Morgan fingerprint density at radius 2 is 1.88 bits per heavy atom. The van der Waals surface area contributed by atoms with Crippen LogP contribution in [0, 0.1) is 5.82 Å². The summed E-state index contributed by atoms with van der Waals surface area (Å²) in [6.07, 6.45) is 2.50. The van der Waals surface area contributed by atoms with Gasteiger partial charge in [0, 0.05) is 18.1 Å². The Hall–Kier alpha value is -0.930. The molecule has 16 heavy (non-hydrogen) atoms. The van der Waals surface area contributed by atoms with E-state index in [1.165, 1.54) is 25.0 Å². The number of hydrogen-bond donors (Lipinski definition) is 1. The molecule has 0 aromatic heterocycles. The van der Waals surface area contributed by atoms with Gasteiger partial charge in [-0.2, -0.15) is 0 Å². The third kappa shape index (κ3) is 2.42. The topological polar surface area (TPSA) is 29.3 Å². The van der Waals surface area contributed by atoms with Crippen LogP contribution in [0.2, 0.25) is 0 Å². The Morgan fingerprint density at radius 3 is 2.31 bits per heavy atom. The van der Waals surface area contributed by atoms with Crippen molar-refractivity contribution in [2.24, 2.45) is 5.73 Å². The second-order valence-electron chi connectivity index (χ2n) is 4.75.